The summed E-state index contributed by atoms with van der Waals surface area (Å²) in [4.78, 5) is 11.9. The van der Waals surface area contributed by atoms with Crippen LogP contribution in [0.5, 0.6) is 0 Å². The van der Waals surface area contributed by atoms with Crippen molar-refractivity contribution in [3.8, 4) is 0 Å². The highest BCUT2D eigenvalue weighted by Crippen LogP contribution is 2.48. The fourth-order valence-corrected chi connectivity index (χ4v) is 3.04. The summed E-state index contributed by atoms with van der Waals surface area (Å²) >= 11 is 0. The van der Waals surface area contributed by atoms with Gasteiger partial charge in [-0.3, -0.25) is 0 Å². The quantitative estimate of drug-likeness (QED) is 0.743. The third-order valence-electron chi connectivity index (χ3n) is 4.55. The summed E-state index contributed by atoms with van der Waals surface area (Å²) in [6, 6.07) is 3.42. The normalized spacial score (nSPS) is 17.2. The number of nitrogens with two attached hydrogens (primary N) is 1. The lowest BCUT2D eigenvalue weighted by Gasteiger charge is -2.23. The predicted molar refractivity (Wildman–Crippen MR) is 86.9 cm³/mol. The minimum atomic E-state index is -4.50. The third kappa shape index (κ3) is 4.41. The number of nitrogens with one attached hydrogen (secondary N) is 2. The Kier molecular flexibility index (Phi) is 5.42. The summed E-state index contributed by atoms with van der Waals surface area (Å²) in [7, 11) is 0. The number of hydrogen-bond donors (Lipinski definition) is 3. The number of benzene rings is 1. The molecule has 1 aliphatic carbocycles. The Labute approximate surface area is 140 Å². The van der Waals surface area contributed by atoms with Crippen LogP contribution in [0.1, 0.15) is 36.0 Å². The molecule has 4 N–H and O–H groups in total. The molecule has 1 atom stereocenters. The highest BCUT2D eigenvalue weighted by molar-refractivity contribution is 5.74. The average molecular weight is 343 g/mol. The van der Waals surface area contributed by atoms with Crippen LogP contribution in [0.25, 0.3) is 0 Å². The minimum Gasteiger partial charge on any atom is -0.337 e. The van der Waals surface area contributed by atoms with E-state index in [9.17, 15) is 18.0 Å². The molecule has 0 saturated heterocycles. The maximum absolute atomic E-state index is 12.8. The maximum Gasteiger partial charge on any atom is 0.408 e. The highest BCUT2D eigenvalue weighted by Gasteiger charge is 2.45. The second kappa shape index (κ2) is 7.01. The van der Waals surface area contributed by atoms with Gasteiger partial charge in [-0.25, -0.2) is 4.79 Å². The van der Waals surface area contributed by atoms with E-state index in [2.05, 4.69) is 11.4 Å². The van der Waals surface area contributed by atoms with Crippen molar-refractivity contribution in [1.29, 1.82) is 0 Å². The Morgan fingerprint density at radius 3 is 2.50 bits per heavy atom. The van der Waals surface area contributed by atoms with Gasteiger partial charge in [-0.15, -0.1) is 0 Å². The first-order valence-corrected chi connectivity index (χ1v) is 8.07. The second-order valence-corrected chi connectivity index (χ2v) is 6.60. The summed E-state index contributed by atoms with van der Waals surface area (Å²) in [5.74, 6) is 0. The van der Waals surface area contributed by atoms with E-state index < -0.39 is 18.2 Å². The molecule has 0 aromatic heterocycles. The van der Waals surface area contributed by atoms with Crippen molar-refractivity contribution in [2.45, 2.75) is 50.7 Å². The molecule has 24 heavy (non-hydrogen) atoms. The van der Waals surface area contributed by atoms with Gasteiger partial charge in [-0.1, -0.05) is 23.8 Å². The van der Waals surface area contributed by atoms with Gasteiger partial charge in [-0.05, 0) is 50.8 Å². The average Bonchev–Trinajstić information content (AvgIpc) is 3.24. The first-order chi connectivity index (χ1) is 11.2. The Bertz CT molecular complexity index is 597. The predicted octanol–water partition coefficient (Wildman–Crippen LogP) is 2.91. The molecule has 2 rings (SSSR count). The van der Waals surface area contributed by atoms with Crippen LogP contribution in [0, 0.1) is 13.8 Å². The van der Waals surface area contributed by atoms with E-state index in [0.29, 0.717) is 6.54 Å². The Hall–Kier alpha value is -1.76. The lowest BCUT2D eigenvalue weighted by molar-refractivity contribution is -0.154. The lowest BCUT2D eigenvalue weighted by atomic mass is 9.91. The number of alkyl halides is 3. The molecule has 1 saturated carbocycles. The van der Waals surface area contributed by atoms with Crippen molar-refractivity contribution < 1.29 is 18.0 Å². The number of aryl methyl sites for hydroxylation is 2. The fourth-order valence-electron chi connectivity index (χ4n) is 3.04. The number of urea groups is 1. The van der Waals surface area contributed by atoms with Gasteiger partial charge in [0.25, 0.3) is 0 Å². The van der Waals surface area contributed by atoms with Crippen LogP contribution in [0.4, 0.5) is 18.0 Å². The van der Waals surface area contributed by atoms with E-state index in [1.807, 2.05) is 31.3 Å². The van der Waals surface area contributed by atoms with Crippen LogP contribution < -0.4 is 16.4 Å². The molecule has 1 aromatic carbocycles. The van der Waals surface area contributed by atoms with Gasteiger partial charge >= 0.3 is 12.2 Å². The fraction of sp³-hybridized carbons (Fsp3) is 0.588. The van der Waals surface area contributed by atoms with Crippen LogP contribution in [0.2, 0.25) is 0 Å². The zero-order chi connectivity index (χ0) is 18.0. The summed E-state index contributed by atoms with van der Waals surface area (Å²) < 4.78 is 38.4. The van der Waals surface area contributed by atoms with Crippen molar-refractivity contribution in [3.63, 3.8) is 0 Å². The van der Waals surface area contributed by atoms with E-state index in [4.69, 9.17) is 5.73 Å². The van der Waals surface area contributed by atoms with Gasteiger partial charge in [0.2, 0.25) is 0 Å². The van der Waals surface area contributed by atoms with Gasteiger partial charge in [-0.2, -0.15) is 13.2 Å². The monoisotopic (exact) mass is 343 g/mol. The largest absolute Gasteiger partial charge is 0.408 e. The van der Waals surface area contributed by atoms with Crippen molar-refractivity contribution in [3.05, 3.63) is 34.9 Å². The minimum absolute atomic E-state index is 0.142. The topological polar surface area (TPSA) is 67.2 Å². The molecule has 1 aromatic rings. The summed E-state index contributed by atoms with van der Waals surface area (Å²) in [5.41, 5.74) is 8.49. The molecular formula is C17H24F3N3O. The SMILES string of the molecule is Cc1ccc(C2(CNC(=O)NC(CCN)C(F)(F)F)CC2)c(C)c1. The van der Waals surface area contributed by atoms with Crippen molar-refractivity contribution in [1.82, 2.24) is 10.6 Å². The Morgan fingerprint density at radius 2 is 2.00 bits per heavy atom. The molecule has 4 nitrogen and oxygen atoms in total. The van der Waals surface area contributed by atoms with Crippen LogP contribution in [-0.4, -0.2) is 31.3 Å². The zero-order valence-corrected chi connectivity index (χ0v) is 14.0. The van der Waals surface area contributed by atoms with Gasteiger partial charge in [0.05, 0.1) is 0 Å². The molecular weight excluding hydrogens is 319 g/mol. The van der Waals surface area contributed by atoms with Crippen LogP contribution >= 0.6 is 0 Å². The Morgan fingerprint density at radius 1 is 1.33 bits per heavy atom. The van der Waals surface area contributed by atoms with Gasteiger partial charge < -0.3 is 16.4 Å². The Balaban J connectivity index is 1.96. The molecule has 1 aliphatic rings. The first kappa shape index (κ1) is 18.6. The molecule has 0 heterocycles. The van der Waals surface area contributed by atoms with Crippen LogP contribution in [0.3, 0.4) is 0 Å². The second-order valence-electron chi connectivity index (χ2n) is 6.60. The number of hydrogen-bond acceptors (Lipinski definition) is 2. The van der Waals surface area contributed by atoms with E-state index in [0.717, 1.165) is 29.5 Å². The zero-order valence-electron chi connectivity index (χ0n) is 14.0. The van der Waals surface area contributed by atoms with E-state index >= 15 is 0 Å². The lowest BCUT2D eigenvalue weighted by Crippen LogP contribution is -2.51. The van der Waals surface area contributed by atoms with E-state index in [1.54, 1.807) is 0 Å². The summed E-state index contributed by atoms with van der Waals surface area (Å²) in [6.45, 7) is 4.22. The molecule has 0 spiro atoms. The molecule has 1 fully saturated rings. The standard InChI is InChI=1S/C17H24F3N3O/c1-11-3-4-13(12(2)9-11)16(6-7-16)10-22-15(24)23-14(5-8-21)17(18,19)20/h3-4,9,14H,5-8,10,21H2,1-2H3,(H2,22,23,24). The van der Waals surface area contributed by atoms with Gasteiger partial charge in [0.1, 0.15) is 6.04 Å². The molecule has 0 aliphatic heterocycles. The van der Waals surface area contributed by atoms with Gasteiger partial charge in [0.15, 0.2) is 0 Å². The summed E-state index contributed by atoms with van der Waals surface area (Å²) in [5, 5.41) is 4.57. The van der Waals surface area contributed by atoms with Crippen LogP contribution in [0.15, 0.2) is 18.2 Å². The number of rotatable bonds is 6. The molecule has 1 unspecified atom stereocenters. The van der Waals surface area contributed by atoms with Crippen molar-refractivity contribution in [2.24, 2.45) is 5.73 Å². The number of halogens is 3. The third-order valence-corrected chi connectivity index (χ3v) is 4.55. The first-order valence-electron chi connectivity index (χ1n) is 8.07. The summed E-state index contributed by atoms with van der Waals surface area (Å²) in [6.07, 6.45) is -2.99. The number of amides is 2. The van der Waals surface area contributed by atoms with Crippen LogP contribution in [-0.2, 0) is 5.41 Å². The molecule has 0 radical (unpaired) electrons. The van der Waals surface area contributed by atoms with E-state index in [1.165, 1.54) is 0 Å². The molecule has 0 bridgehead atoms. The molecule has 134 valence electrons. The number of carbonyl (C=O) groups is 1. The molecule has 7 heteroatoms. The smallest absolute Gasteiger partial charge is 0.337 e. The van der Waals surface area contributed by atoms with Crippen molar-refractivity contribution >= 4 is 6.03 Å². The van der Waals surface area contributed by atoms with E-state index in [-0.39, 0.29) is 18.4 Å². The van der Waals surface area contributed by atoms with Crippen molar-refractivity contribution in [2.75, 3.05) is 13.1 Å². The molecule has 2 amide bonds. The highest BCUT2D eigenvalue weighted by atomic mass is 19.4. The maximum atomic E-state index is 12.8. The number of carbonyl (C=O) groups excluding carboxylic acids is 1. The van der Waals surface area contributed by atoms with Gasteiger partial charge in [0, 0.05) is 12.0 Å².